The number of ether oxygens (including phenoxy) is 1. The van der Waals surface area contributed by atoms with E-state index in [-0.39, 0.29) is 11.8 Å². The van der Waals surface area contributed by atoms with Gasteiger partial charge in [0.25, 0.3) is 0 Å². The van der Waals surface area contributed by atoms with Gasteiger partial charge in [0.2, 0.25) is 11.8 Å². The normalized spacial score (nSPS) is 20.9. The lowest BCUT2D eigenvalue weighted by Crippen LogP contribution is -2.63. The van der Waals surface area contributed by atoms with Gasteiger partial charge in [-0.2, -0.15) is 0 Å². The molecule has 1 heterocycles. The summed E-state index contributed by atoms with van der Waals surface area (Å²) in [6, 6.07) is 19.8. The maximum atomic E-state index is 12.5. The van der Waals surface area contributed by atoms with Gasteiger partial charge in [0, 0.05) is 19.4 Å². The molecule has 5 atom stereocenters. The van der Waals surface area contributed by atoms with E-state index in [0.29, 0.717) is 12.8 Å². The number of hydrogen-bond donors (Lipinski definition) is 6. The third-order valence-electron chi connectivity index (χ3n) is 10.3. The molecular weight excluding hydrogens is 632 g/mol. The average molecular weight is 689 g/mol. The van der Waals surface area contributed by atoms with Crippen molar-refractivity contribution < 1.29 is 34.8 Å². The quantitative estimate of drug-likeness (QED) is 0.0464. The SMILES string of the molecule is O=C(CCCc1ccc2ccc3cccc4ccc1c2c34)NCCCCCCCCCCCCCCC(=O)N[C@@H]1O[C@H](CO)[C@@H](O)[C@H](O)[C@H]1O. The number of amides is 2. The van der Waals surface area contributed by atoms with Crippen LogP contribution in [0.15, 0.2) is 54.6 Å². The number of aliphatic hydroxyl groups is 4. The van der Waals surface area contributed by atoms with Crippen molar-refractivity contribution in [2.24, 2.45) is 0 Å². The van der Waals surface area contributed by atoms with E-state index in [1.54, 1.807) is 0 Å². The van der Waals surface area contributed by atoms with Crippen LogP contribution in [-0.4, -0.2) is 76.0 Å². The number of rotatable bonds is 21. The van der Waals surface area contributed by atoms with Gasteiger partial charge < -0.3 is 35.8 Å². The summed E-state index contributed by atoms with van der Waals surface area (Å²) in [7, 11) is 0. The maximum absolute atomic E-state index is 12.5. The van der Waals surface area contributed by atoms with Crippen molar-refractivity contribution in [1.82, 2.24) is 10.6 Å². The zero-order valence-electron chi connectivity index (χ0n) is 29.3. The average Bonchev–Trinajstić information content (AvgIpc) is 3.12. The fraction of sp³-hybridized carbons (Fsp3) is 0.561. The molecule has 0 saturated carbocycles. The van der Waals surface area contributed by atoms with Crippen LogP contribution in [0, 0.1) is 0 Å². The van der Waals surface area contributed by atoms with Crippen molar-refractivity contribution in [1.29, 1.82) is 0 Å². The Morgan fingerprint density at radius 3 is 1.82 bits per heavy atom. The van der Waals surface area contributed by atoms with Crippen molar-refractivity contribution in [3.05, 3.63) is 60.2 Å². The highest BCUT2D eigenvalue weighted by molar-refractivity contribution is 6.23. The second-order valence-electron chi connectivity index (χ2n) is 14.1. The van der Waals surface area contributed by atoms with Crippen LogP contribution < -0.4 is 10.6 Å². The van der Waals surface area contributed by atoms with Gasteiger partial charge in [0.1, 0.15) is 24.4 Å². The largest absolute Gasteiger partial charge is 0.394 e. The highest BCUT2D eigenvalue weighted by Crippen LogP contribution is 2.36. The Balaban J connectivity index is 0.823. The lowest BCUT2D eigenvalue weighted by molar-refractivity contribution is -0.236. The van der Waals surface area contributed by atoms with Crippen LogP contribution in [0.1, 0.15) is 102 Å². The van der Waals surface area contributed by atoms with E-state index in [4.69, 9.17) is 4.74 Å². The molecule has 0 spiro atoms. The molecule has 1 aliphatic rings. The smallest absolute Gasteiger partial charge is 0.222 e. The number of hydrogen-bond acceptors (Lipinski definition) is 7. The fourth-order valence-electron chi connectivity index (χ4n) is 7.40. The van der Waals surface area contributed by atoms with Crippen molar-refractivity contribution in [2.75, 3.05) is 13.2 Å². The molecule has 9 nitrogen and oxygen atoms in total. The van der Waals surface area contributed by atoms with Crippen LogP contribution in [0.4, 0.5) is 0 Å². The first-order valence-electron chi connectivity index (χ1n) is 18.9. The van der Waals surface area contributed by atoms with Crippen molar-refractivity contribution in [3.63, 3.8) is 0 Å². The lowest BCUT2D eigenvalue weighted by atomic mass is 9.90. The van der Waals surface area contributed by atoms with Gasteiger partial charge in [-0.15, -0.1) is 0 Å². The summed E-state index contributed by atoms with van der Waals surface area (Å²) in [6.45, 7) is 0.235. The molecule has 9 heteroatoms. The molecule has 0 bridgehead atoms. The summed E-state index contributed by atoms with van der Waals surface area (Å²) in [6.07, 6.45) is 9.43. The van der Waals surface area contributed by atoms with Crippen molar-refractivity contribution in [3.8, 4) is 0 Å². The molecule has 0 aromatic heterocycles. The van der Waals surface area contributed by atoms with Gasteiger partial charge in [-0.25, -0.2) is 0 Å². The van der Waals surface area contributed by atoms with E-state index in [9.17, 15) is 30.0 Å². The number of unbranched alkanes of at least 4 members (excludes halogenated alkanes) is 11. The summed E-state index contributed by atoms with van der Waals surface area (Å²) in [4.78, 5) is 24.7. The van der Waals surface area contributed by atoms with Crippen LogP contribution in [-0.2, 0) is 20.7 Å². The molecule has 6 N–H and O–H groups in total. The minimum Gasteiger partial charge on any atom is -0.394 e. The standard InChI is InChI=1S/C41H56N2O7/c44-27-33-38(47)39(48)40(49)41(50-33)43-35(46)18-11-9-7-5-3-1-2-4-6-8-10-12-26-42-34(45)19-14-15-28-20-21-31-23-22-29-16-13-17-30-24-25-32(28)37(31)36(29)30/h13,16-17,20-25,33,38-41,44,47-49H,1-12,14-15,18-19,26-27H2,(H,42,45)(H,43,46)/t33-,38-,39+,40-,41-/m1/s1. The molecule has 2 amide bonds. The second kappa shape index (κ2) is 19.3. The van der Waals surface area contributed by atoms with Crippen LogP contribution in [0.3, 0.4) is 0 Å². The van der Waals surface area contributed by atoms with Crippen molar-refractivity contribution >= 4 is 44.1 Å². The van der Waals surface area contributed by atoms with E-state index in [1.165, 1.54) is 76.4 Å². The number of aryl methyl sites for hydroxylation is 1. The van der Waals surface area contributed by atoms with E-state index in [2.05, 4.69) is 65.2 Å². The van der Waals surface area contributed by atoms with E-state index >= 15 is 0 Å². The molecule has 0 aliphatic carbocycles. The Hall–Kier alpha value is -3.34. The molecule has 5 rings (SSSR count). The number of carbonyl (C=O) groups excluding carboxylic acids is 2. The molecule has 4 aromatic rings. The third-order valence-corrected chi connectivity index (χ3v) is 10.3. The summed E-state index contributed by atoms with van der Waals surface area (Å²) in [5.41, 5.74) is 1.32. The van der Waals surface area contributed by atoms with Gasteiger partial charge in [-0.1, -0.05) is 119 Å². The molecule has 1 fully saturated rings. The molecule has 0 unspecified atom stereocenters. The van der Waals surface area contributed by atoms with E-state index in [0.717, 1.165) is 57.9 Å². The number of aliphatic hydroxyl groups excluding tert-OH is 4. The zero-order valence-corrected chi connectivity index (χ0v) is 29.3. The molecule has 0 radical (unpaired) electrons. The van der Waals surface area contributed by atoms with E-state index in [1.807, 2.05) is 0 Å². The Bertz CT molecular complexity index is 1630. The summed E-state index contributed by atoms with van der Waals surface area (Å²) >= 11 is 0. The Labute approximate surface area is 295 Å². The third kappa shape index (κ3) is 10.1. The summed E-state index contributed by atoms with van der Waals surface area (Å²) in [5.74, 6) is -0.136. The van der Waals surface area contributed by atoms with Crippen LogP contribution in [0.2, 0.25) is 0 Å². The Morgan fingerprint density at radius 1 is 0.600 bits per heavy atom. The lowest BCUT2D eigenvalue weighted by Gasteiger charge is -2.40. The first-order valence-corrected chi connectivity index (χ1v) is 18.9. The summed E-state index contributed by atoms with van der Waals surface area (Å²) in [5, 5.41) is 52.5. The first kappa shape index (κ1) is 37.9. The first-order chi connectivity index (χ1) is 24.4. The predicted octanol–water partition coefficient (Wildman–Crippen LogP) is 6.01. The number of carbonyl (C=O) groups is 2. The highest BCUT2D eigenvalue weighted by atomic mass is 16.6. The molecule has 1 aliphatic heterocycles. The predicted molar refractivity (Wildman–Crippen MR) is 198 cm³/mol. The van der Waals surface area contributed by atoms with Crippen LogP contribution >= 0.6 is 0 Å². The van der Waals surface area contributed by atoms with Gasteiger partial charge in [-0.05, 0) is 63.6 Å². The molecule has 272 valence electrons. The summed E-state index contributed by atoms with van der Waals surface area (Å²) < 4.78 is 5.32. The zero-order chi connectivity index (χ0) is 35.3. The highest BCUT2D eigenvalue weighted by Gasteiger charge is 2.43. The number of benzene rings is 4. The maximum Gasteiger partial charge on any atom is 0.222 e. The molecular formula is C41H56N2O7. The van der Waals surface area contributed by atoms with Gasteiger partial charge in [-0.3, -0.25) is 9.59 Å². The molecule has 4 aromatic carbocycles. The minimum atomic E-state index is -1.50. The molecule has 50 heavy (non-hydrogen) atoms. The van der Waals surface area contributed by atoms with Crippen LogP contribution in [0.25, 0.3) is 32.3 Å². The van der Waals surface area contributed by atoms with E-state index < -0.39 is 37.3 Å². The Kier molecular flexibility index (Phi) is 14.6. The minimum absolute atomic E-state index is 0.152. The monoisotopic (exact) mass is 688 g/mol. The van der Waals surface area contributed by atoms with Gasteiger partial charge in [0.05, 0.1) is 6.61 Å². The molecule has 1 saturated heterocycles. The topological polar surface area (TPSA) is 148 Å². The second-order valence-corrected chi connectivity index (χ2v) is 14.1. The fourth-order valence-corrected chi connectivity index (χ4v) is 7.40. The van der Waals surface area contributed by atoms with Gasteiger partial charge in [0.15, 0.2) is 6.23 Å². The van der Waals surface area contributed by atoms with Crippen LogP contribution in [0.5, 0.6) is 0 Å². The van der Waals surface area contributed by atoms with Crippen molar-refractivity contribution in [2.45, 2.75) is 133 Å². The Morgan fingerprint density at radius 2 is 1.16 bits per heavy atom. The van der Waals surface area contributed by atoms with Gasteiger partial charge >= 0.3 is 0 Å². The number of nitrogens with one attached hydrogen (secondary N) is 2.